The van der Waals surface area contributed by atoms with Crippen LogP contribution in [0, 0.1) is 23.7 Å². The van der Waals surface area contributed by atoms with Gasteiger partial charge in [0.05, 0.1) is 19.1 Å². The smallest absolute Gasteiger partial charge is 0.306 e. The fourth-order valence-electron chi connectivity index (χ4n) is 7.95. The lowest BCUT2D eigenvalue weighted by Crippen LogP contribution is -2.49. The van der Waals surface area contributed by atoms with Gasteiger partial charge in [-0.25, -0.2) is 4.98 Å². The number of likely N-dealkylation sites (N-methyl/N-ethyl adjacent to an activating group) is 1. The van der Waals surface area contributed by atoms with Crippen LogP contribution in [0.5, 0.6) is 5.75 Å². The third-order valence-corrected chi connectivity index (χ3v) is 12.6. The molecule has 1 aliphatic rings. The second-order valence-electron chi connectivity index (χ2n) is 16.5. The summed E-state index contributed by atoms with van der Waals surface area (Å²) in [5.74, 6) is -2.67. The van der Waals surface area contributed by atoms with Crippen molar-refractivity contribution in [2.24, 2.45) is 23.7 Å². The molecule has 2 heterocycles. The zero-order chi connectivity index (χ0) is 43.2. The van der Waals surface area contributed by atoms with Gasteiger partial charge in [-0.1, -0.05) is 89.9 Å². The Morgan fingerprint density at radius 2 is 1.68 bits per heavy atom. The molecule has 13 heteroatoms. The maximum Gasteiger partial charge on any atom is 0.306 e. The van der Waals surface area contributed by atoms with Gasteiger partial charge in [0.25, 0.3) is 5.91 Å². The van der Waals surface area contributed by atoms with Gasteiger partial charge in [-0.2, -0.15) is 0 Å². The van der Waals surface area contributed by atoms with Gasteiger partial charge >= 0.3 is 11.9 Å². The molecule has 2 amide bonds. The molecule has 2 N–H and O–H groups in total. The Bertz CT molecular complexity index is 1830. The molecule has 0 spiro atoms. The molecule has 1 saturated heterocycles. The molecule has 322 valence electrons. The lowest BCUT2D eigenvalue weighted by Gasteiger charge is -2.40. The number of benzene rings is 2. The molecule has 1 aliphatic heterocycles. The lowest BCUT2D eigenvalue weighted by molar-refractivity contribution is -0.150. The molecule has 0 bridgehead atoms. The highest BCUT2D eigenvalue weighted by atomic mass is 32.1. The summed E-state index contributed by atoms with van der Waals surface area (Å²) in [6.07, 6.45) is 3.65. The van der Waals surface area contributed by atoms with Gasteiger partial charge in [0.1, 0.15) is 16.5 Å². The predicted molar refractivity (Wildman–Crippen MR) is 229 cm³/mol. The molecule has 1 aromatic heterocycles. The number of carbonyl (C=O) groups excluding carboxylic acids is 4. The molecule has 12 nitrogen and oxygen atoms in total. The summed E-state index contributed by atoms with van der Waals surface area (Å²) in [4.78, 5) is 75.8. The molecule has 1 fully saturated rings. The summed E-state index contributed by atoms with van der Waals surface area (Å²) >= 11 is 1.19. The largest absolute Gasteiger partial charge is 0.497 e. The number of nitrogens with zero attached hydrogens (tertiary/aromatic N) is 3. The quantitative estimate of drug-likeness (QED) is 0.0961. The second-order valence-corrected chi connectivity index (χ2v) is 17.4. The maximum absolute atomic E-state index is 15.1. The summed E-state index contributed by atoms with van der Waals surface area (Å²) in [6.45, 7) is 12.2. The van der Waals surface area contributed by atoms with Gasteiger partial charge in [-0.05, 0) is 74.4 Å². The van der Waals surface area contributed by atoms with Crippen molar-refractivity contribution in [3.8, 4) is 5.75 Å². The van der Waals surface area contributed by atoms with Crippen LogP contribution in [0.2, 0.25) is 0 Å². The number of rotatable bonds is 22. The van der Waals surface area contributed by atoms with E-state index in [1.807, 2.05) is 94.2 Å². The zero-order valence-corrected chi connectivity index (χ0v) is 36.8. The number of amides is 2. The highest BCUT2D eigenvalue weighted by Crippen LogP contribution is 2.34. The third kappa shape index (κ3) is 13.7. The van der Waals surface area contributed by atoms with Crippen LogP contribution >= 0.6 is 11.3 Å². The highest BCUT2D eigenvalue weighted by molar-refractivity contribution is 7.09. The number of likely N-dealkylation sites (tertiary alicyclic amines) is 1. The van der Waals surface area contributed by atoms with Gasteiger partial charge in [0.15, 0.2) is 11.9 Å². The first-order valence-electron chi connectivity index (χ1n) is 21.0. The Balaban J connectivity index is 1.64. The minimum Gasteiger partial charge on any atom is -0.497 e. The predicted octanol–water partition coefficient (Wildman–Crippen LogP) is 7.76. The van der Waals surface area contributed by atoms with Crippen molar-refractivity contribution in [1.29, 1.82) is 0 Å². The van der Waals surface area contributed by atoms with Crippen molar-refractivity contribution in [3.63, 3.8) is 0 Å². The van der Waals surface area contributed by atoms with E-state index in [2.05, 4.69) is 15.2 Å². The molecule has 59 heavy (non-hydrogen) atoms. The van der Waals surface area contributed by atoms with Crippen LogP contribution in [-0.2, 0) is 36.9 Å². The standard InChI is InChI=1S/C46H64N4O8S/c1-9-30(4)37(25-41(52)39-17-13-14-22-49(39)7)45(54)50(27-34-15-11-10-12-16-34)40(29(2)3)26-42(58-32(6)51)44-48-38(28-59-44)43(53)47-35(23-31(5)46(55)56)24-33-18-20-36(57-8)21-19-33/h10-12,15-16,18-21,28-31,35,37,39-40,42H,9,13-14,17,22-27H2,1-8H3,(H,47,53)(H,55,56). The number of carbonyl (C=O) groups is 5. The number of nitrogens with one attached hydrogen (secondary N) is 1. The van der Waals surface area contributed by atoms with Crippen molar-refractivity contribution in [2.75, 3.05) is 20.7 Å². The van der Waals surface area contributed by atoms with Crippen LogP contribution in [0.1, 0.15) is 119 Å². The van der Waals surface area contributed by atoms with E-state index >= 15 is 4.79 Å². The van der Waals surface area contributed by atoms with Crippen LogP contribution < -0.4 is 10.1 Å². The summed E-state index contributed by atoms with van der Waals surface area (Å²) in [5.41, 5.74) is 1.95. The molecular weight excluding hydrogens is 769 g/mol. The van der Waals surface area contributed by atoms with Crippen LogP contribution in [0.25, 0.3) is 0 Å². The monoisotopic (exact) mass is 832 g/mol. The minimum absolute atomic E-state index is 0.0530. The number of ketones is 1. The Hall–Kier alpha value is -4.62. The zero-order valence-electron chi connectivity index (χ0n) is 36.0. The minimum atomic E-state index is -0.961. The summed E-state index contributed by atoms with van der Waals surface area (Å²) < 4.78 is 11.2. The maximum atomic E-state index is 15.1. The number of aliphatic carboxylic acids is 1. The number of carboxylic acid groups (broad SMARTS) is 1. The number of piperidine rings is 1. The molecule has 3 aromatic rings. The lowest BCUT2D eigenvalue weighted by atomic mass is 9.82. The average Bonchev–Trinajstić information content (AvgIpc) is 3.71. The number of esters is 1. The fourth-order valence-corrected chi connectivity index (χ4v) is 8.79. The van der Waals surface area contributed by atoms with E-state index in [9.17, 15) is 24.3 Å². The first-order chi connectivity index (χ1) is 28.1. The van der Waals surface area contributed by atoms with Gasteiger partial charge in [0, 0.05) is 49.7 Å². The van der Waals surface area contributed by atoms with Crippen molar-refractivity contribution >= 4 is 40.9 Å². The highest BCUT2D eigenvalue weighted by Gasteiger charge is 2.39. The van der Waals surface area contributed by atoms with E-state index in [0.717, 1.165) is 43.4 Å². The van der Waals surface area contributed by atoms with Gasteiger partial charge in [0.2, 0.25) is 5.91 Å². The van der Waals surface area contributed by atoms with E-state index < -0.39 is 47.9 Å². The van der Waals surface area contributed by atoms with E-state index in [-0.39, 0.29) is 54.5 Å². The second kappa shape index (κ2) is 22.7. The Morgan fingerprint density at radius 3 is 2.27 bits per heavy atom. The Morgan fingerprint density at radius 1 is 0.983 bits per heavy atom. The average molecular weight is 833 g/mol. The van der Waals surface area contributed by atoms with E-state index in [1.165, 1.54) is 18.3 Å². The number of thiazole rings is 1. The summed E-state index contributed by atoms with van der Waals surface area (Å²) in [7, 11) is 3.57. The number of aromatic nitrogens is 1. The molecule has 7 atom stereocenters. The van der Waals surface area contributed by atoms with Gasteiger partial charge in [-0.3, -0.25) is 28.9 Å². The van der Waals surface area contributed by atoms with Crippen molar-refractivity contribution in [1.82, 2.24) is 20.1 Å². The number of ether oxygens (including phenoxy) is 2. The number of methoxy groups -OCH3 is 1. The molecule has 0 radical (unpaired) electrons. The molecule has 0 aliphatic carbocycles. The number of hydrogen-bond acceptors (Lipinski definition) is 10. The Kier molecular flexibility index (Phi) is 18.1. The number of Topliss-reactive ketones (excluding diaryl/α,β-unsaturated/α-hetero) is 1. The van der Waals surface area contributed by atoms with Gasteiger partial charge in [-0.15, -0.1) is 11.3 Å². The normalized spacial score (nSPS) is 17.5. The van der Waals surface area contributed by atoms with Crippen molar-refractivity contribution < 1.29 is 38.6 Å². The first kappa shape index (κ1) is 47.1. The van der Waals surface area contributed by atoms with E-state index in [4.69, 9.17) is 9.47 Å². The van der Waals surface area contributed by atoms with Crippen LogP contribution in [0.3, 0.4) is 0 Å². The molecule has 4 rings (SSSR count). The third-order valence-electron chi connectivity index (χ3n) is 11.7. The summed E-state index contributed by atoms with van der Waals surface area (Å²) in [6, 6.07) is 16.0. The van der Waals surface area contributed by atoms with Crippen molar-refractivity contribution in [3.05, 3.63) is 81.8 Å². The Labute approximate surface area is 354 Å². The fraction of sp³-hybridized carbons (Fsp3) is 0.565. The number of hydrogen-bond donors (Lipinski definition) is 2. The number of carboxylic acids is 1. The van der Waals surface area contributed by atoms with E-state index in [0.29, 0.717) is 23.7 Å². The first-order valence-corrected chi connectivity index (χ1v) is 21.9. The van der Waals surface area contributed by atoms with Crippen LogP contribution in [-0.4, -0.2) is 88.3 Å². The molecule has 2 aromatic carbocycles. The van der Waals surface area contributed by atoms with E-state index in [1.54, 1.807) is 19.4 Å². The van der Waals surface area contributed by atoms with Gasteiger partial charge < -0.3 is 24.8 Å². The molecule has 0 saturated carbocycles. The van der Waals surface area contributed by atoms with Crippen LogP contribution in [0.15, 0.2) is 60.0 Å². The molecular formula is C46H64N4O8S. The van der Waals surface area contributed by atoms with Crippen molar-refractivity contribution in [2.45, 2.75) is 124 Å². The van der Waals surface area contributed by atoms with Crippen LogP contribution in [0.4, 0.5) is 0 Å². The topological polar surface area (TPSA) is 155 Å². The molecule has 7 unspecified atom stereocenters. The summed E-state index contributed by atoms with van der Waals surface area (Å²) in [5, 5.41) is 14.7. The SMILES string of the molecule is CCC(C)C(CC(=O)C1CCCCN1C)C(=O)N(Cc1ccccc1)C(CC(OC(C)=O)c1nc(C(=O)NC(Cc2ccc(OC)cc2)CC(C)C(=O)O)cs1)C(C)C.